The molecule has 53 heavy (non-hydrogen) atoms. The van der Waals surface area contributed by atoms with Gasteiger partial charge in [-0.25, -0.2) is 4.98 Å². The number of ketones is 1. The zero-order chi connectivity index (χ0) is 36.9. The van der Waals surface area contributed by atoms with E-state index in [1.54, 1.807) is 6.20 Å². The van der Waals surface area contributed by atoms with Gasteiger partial charge in [-0.3, -0.25) is 4.79 Å². The molecule has 0 spiro atoms. The SMILES string of the molecule is CCC(CC)C(=O)/C=C(\O)C(CC)CC.[CH2-][n+]1c(-c2[c-]c(CC(C)C)cc3c2oc2ncccc23)cc(C2CCCC2)c2c3ccccc3ccc21.[Ir]. The van der Waals surface area contributed by atoms with E-state index in [0.717, 1.165) is 65.2 Å². The number of fused-ring (bicyclic) bond motifs is 6. The molecule has 0 atom stereocenters. The maximum atomic E-state index is 11.7. The second-order valence-electron chi connectivity index (χ2n) is 15.0. The van der Waals surface area contributed by atoms with E-state index in [0.29, 0.717) is 17.5 Å². The zero-order valence-corrected chi connectivity index (χ0v) is 34.7. The van der Waals surface area contributed by atoms with Crippen LogP contribution in [0.5, 0.6) is 0 Å². The molecule has 3 aromatic carbocycles. The molecule has 0 unspecified atom stereocenters. The topological polar surface area (TPSA) is 67.2 Å². The maximum absolute atomic E-state index is 11.7. The first kappa shape index (κ1) is 40.2. The van der Waals surface area contributed by atoms with E-state index in [1.165, 1.54) is 59.0 Å². The number of nitrogens with zero attached hydrogens (tertiary/aromatic N) is 2. The first-order valence-electron chi connectivity index (χ1n) is 19.6. The predicted octanol–water partition coefficient (Wildman–Crippen LogP) is 12.4. The fourth-order valence-electron chi connectivity index (χ4n) is 8.20. The monoisotopic (exact) mass is 888 g/mol. The molecule has 1 aliphatic rings. The molecule has 1 saturated carbocycles. The third kappa shape index (κ3) is 8.40. The average molecular weight is 888 g/mol. The van der Waals surface area contributed by atoms with Crippen LogP contribution in [-0.2, 0) is 31.3 Å². The van der Waals surface area contributed by atoms with Crippen molar-refractivity contribution in [2.45, 2.75) is 105 Å². The summed E-state index contributed by atoms with van der Waals surface area (Å²) < 4.78 is 8.52. The van der Waals surface area contributed by atoms with E-state index in [2.05, 4.69) is 91.1 Å². The normalized spacial score (nSPS) is 13.8. The van der Waals surface area contributed by atoms with Gasteiger partial charge in [0.1, 0.15) is 11.2 Å². The van der Waals surface area contributed by atoms with Crippen molar-refractivity contribution in [3.05, 3.63) is 103 Å². The maximum Gasteiger partial charge on any atom is 0.216 e. The minimum Gasteiger partial charge on any atom is -0.512 e. The average Bonchev–Trinajstić information content (AvgIpc) is 3.81. The number of aromatic nitrogens is 2. The molecule has 6 aromatic rings. The van der Waals surface area contributed by atoms with Crippen LogP contribution in [0, 0.1) is 30.9 Å². The van der Waals surface area contributed by atoms with Crippen LogP contribution in [0.15, 0.2) is 83.1 Å². The molecule has 0 aliphatic heterocycles. The molecular formula is C47H55IrN2O3-. The molecule has 1 aliphatic carbocycles. The standard InChI is InChI=1S/C34H31N2O.C13H24O2.Ir/c1-21(2)17-22-18-28-26-13-8-16-35-34(26)37-33(28)29(19-22)31-20-27(23-9-4-5-10-23)32-25-12-7-6-11-24(25)14-15-30(32)36(31)3;1-5-10(6-2)12(14)9-13(15)11(7-3)8-4;/h6-8,11-16,18,20-21,23H,3-5,9-10,17H2,1-2H3;9-11,14H,5-8H2,1-4H3;/q-1;;/b;12-9-;. The molecule has 0 saturated heterocycles. The Kier molecular flexibility index (Phi) is 13.6. The fourth-order valence-corrected chi connectivity index (χ4v) is 8.20. The van der Waals surface area contributed by atoms with Crippen LogP contribution in [0.1, 0.15) is 110 Å². The molecular weight excluding hydrogens is 833 g/mol. The minimum absolute atomic E-state index is 0. The number of carbonyl (C=O) groups excluding carboxylic acids is 1. The van der Waals surface area contributed by atoms with Crippen molar-refractivity contribution < 1.29 is 39.0 Å². The molecule has 5 nitrogen and oxygen atoms in total. The van der Waals surface area contributed by atoms with Crippen molar-refractivity contribution in [3.8, 4) is 11.3 Å². The molecule has 281 valence electrons. The van der Waals surface area contributed by atoms with Crippen molar-refractivity contribution in [2.24, 2.45) is 17.8 Å². The van der Waals surface area contributed by atoms with Gasteiger partial charge in [0, 0.05) is 62.0 Å². The van der Waals surface area contributed by atoms with Crippen molar-refractivity contribution in [3.63, 3.8) is 0 Å². The summed E-state index contributed by atoms with van der Waals surface area (Å²) in [6.45, 7) is 12.6. The predicted molar refractivity (Wildman–Crippen MR) is 215 cm³/mol. The number of hydrogen-bond donors (Lipinski definition) is 1. The molecule has 1 fully saturated rings. The molecule has 3 aromatic heterocycles. The van der Waals surface area contributed by atoms with Crippen molar-refractivity contribution in [1.29, 1.82) is 0 Å². The Morgan fingerprint density at radius 1 is 0.943 bits per heavy atom. The number of pyridine rings is 2. The van der Waals surface area contributed by atoms with Crippen molar-refractivity contribution in [2.75, 3.05) is 0 Å². The van der Waals surface area contributed by atoms with E-state index in [4.69, 9.17) is 4.42 Å². The van der Waals surface area contributed by atoms with E-state index < -0.39 is 0 Å². The fraction of sp³-hybridized carbons (Fsp3) is 0.404. The van der Waals surface area contributed by atoms with Crippen LogP contribution in [0.3, 0.4) is 0 Å². The van der Waals surface area contributed by atoms with Crippen LogP contribution in [-0.4, -0.2) is 15.9 Å². The summed E-state index contributed by atoms with van der Waals surface area (Å²) in [6, 6.07) is 25.7. The van der Waals surface area contributed by atoms with Gasteiger partial charge in [-0.05, 0) is 103 Å². The second-order valence-corrected chi connectivity index (χ2v) is 15.0. The van der Waals surface area contributed by atoms with Crippen LogP contribution in [0.25, 0.3) is 55.0 Å². The third-order valence-electron chi connectivity index (χ3n) is 11.2. The number of allylic oxidation sites excluding steroid dienone is 2. The number of furan rings is 1. The molecule has 7 rings (SSSR count). The van der Waals surface area contributed by atoms with Crippen molar-refractivity contribution in [1.82, 2.24) is 4.98 Å². The Labute approximate surface area is 329 Å². The van der Waals surface area contributed by atoms with Gasteiger partial charge in [-0.15, -0.1) is 17.7 Å². The van der Waals surface area contributed by atoms with E-state index in [1.807, 2.05) is 33.8 Å². The summed E-state index contributed by atoms with van der Waals surface area (Å²) in [7, 11) is 4.59. The van der Waals surface area contributed by atoms with Crippen LogP contribution < -0.4 is 4.57 Å². The molecule has 0 bridgehead atoms. The summed E-state index contributed by atoms with van der Waals surface area (Å²) in [6.07, 6.45) is 12.7. The smallest absolute Gasteiger partial charge is 0.216 e. The molecule has 6 heteroatoms. The number of aliphatic hydroxyl groups is 1. The van der Waals surface area contributed by atoms with Crippen LogP contribution >= 0.6 is 0 Å². The minimum atomic E-state index is 0. The Morgan fingerprint density at radius 2 is 1.62 bits per heavy atom. The van der Waals surface area contributed by atoms with Crippen molar-refractivity contribution >= 4 is 49.5 Å². The first-order chi connectivity index (χ1) is 25.2. The number of aliphatic hydroxyl groups excluding tert-OH is 1. The largest absolute Gasteiger partial charge is 0.512 e. The van der Waals surface area contributed by atoms with Crippen LogP contribution in [0.2, 0.25) is 0 Å². The quantitative estimate of drug-likeness (QED) is 0.0463. The Balaban J connectivity index is 0.000000290. The molecule has 1 radical (unpaired) electrons. The van der Waals surface area contributed by atoms with Gasteiger partial charge in [-0.2, -0.15) is 0 Å². The molecule has 1 N–H and O–H groups in total. The summed E-state index contributed by atoms with van der Waals surface area (Å²) >= 11 is 0. The number of hydrogen-bond acceptors (Lipinski definition) is 4. The Morgan fingerprint density at radius 3 is 2.30 bits per heavy atom. The molecule has 0 amide bonds. The van der Waals surface area contributed by atoms with Gasteiger partial charge in [-0.1, -0.05) is 90.1 Å². The van der Waals surface area contributed by atoms with E-state index >= 15 is 0 Å². The summed E-state index contributed by atoms with van der Waals surface area (Å²) in [5.41, 5.74) is 7.34. The Bertz CT molecular complexity index is 2220. The zero-order valence-electron chi connectivity index (χ0n) is 32.3. The van der Waals surface area contributed by atoms with Gasteiger partial charge in [0.2, 0.25) is 5.71 Å². The van der Waals surface area contributed by atoms with E-state index in [9.17, 15) is 9.90 Å². The first-order valence-corrected chi connectivity index (χ1v) is 19.6. The summed E-state index contributed by atoms with van der Waals surface area (Å²) in [4.78, 5) is 16.2. The van der Waals surface area contributed by atoms with Gasteiger partial charge in [0.15, 0.2) is 5.78 Å². The van der Waals surface area contributed by atoms with Gasteiger partial charge < -0.3 is 14.1 Å². The number of benzene rings is 3. The summed E-state index contributed by atoms with van der Waals surface area (Å²) in [5.74, 6) is 1.63. The summed E-state index contributed by atoms with van der Waals surface area (Å²) in [5, 5.41) is 15.8. The second kappa shape index (κ2) is 17.9. The van der Waals surface area contributed by atoms with Gasteiger partial charge in [0.05, 0.1) is 11.3 Å². The van der Waals surface area contributed by atoms with Gasteiger partial charge in [0.25, 0.3) is 0 Å². The number of rotatable bonds is 11. The van der Waals surface area contributed by atoms with Crippen LogP contribution in [0.4, 0.5) is 0 Å². The molecule has 3 heterocycles. The van der Waals surface area contributed by atoms with E-state index in [-0.39, 0.29) is 43.5 Å². The number of carbonyl (C=O) groups is 1. The Hall–Kier alpha value is -3.99. The third-order valence-corrected chi connectivity index (χ3v) is 11.2. The van der Waals surface area contributed by atoms with Gasteiger partial charge >= 0.3 is 0 Å².